The maximum atomic E-state index is 8.57. The van der Waals surface area contributed by atoms with E-state index in [1.807, 2.05) is 0 Å². The van der Waals surface area contributed by atoms with Crippen LogP contribution in [0.15, 0.2) is 0 Å². The second-order valence-electron chi connectivity index (χ2n) is 3.78. The first-order valence-corrected chi connectivity index (χ1v) is 5.48. The van der Waals surface area contributed by atoms with Gasteiger partial charge in [0.05, 0.1) is 0 Å². The minimum Gasteiger partial charge on any atom is -0.396 e. The van der Waals surface area contributed by atoms with Gasteiger partial charge in [0.25, 0.3) is 0 Å². The lowest BCUT2D eigenvalue weighted by Gasteiger charge is -2.10. The smallest absolute Gasteiger partial charge is 0.0431 e. The van der Waals surface area contributed by atoms with E-state index in [0.717, 1.165) is 19.5 Å². The topological polar surface area (TPSA) is 44.3 Å². The van der Waals surface area contributed by atoms with Gasteiger partial charge in [0, 0.05) is 19.2 Å². The Bertz CT molecular complexity index is 113. The third-order valence-corrected chi connectivity index (χ3v) is 2.58. The third-order valence-electron chi connectivity index (χ3n) is 2.58. The van der Waals surface area contributed by atoms with Crippen LogP contribution in [-0.4, -0.2) is 37.4 Å². The summed E-state index contributed by atoms with van der Waals surface area (Å²) < 4.78 is 0. The first kappa shape index (κ1) is 11.0. The van der Waals surface area contributed by atoms with Crippen molar-refractivity contribution in [2.24, 2.45) is 0 Å². The summed E-state index contributed by atoms with van der Waals surface area (Å²) in [7, 11) is 0. The maximum Gasteiger partial charge on any atom is 0.0431 e. The number of nitrogens with one attached hydrogen (secondary N) is 2. The zero-order valence-electron chi connectivity index (χ0n) is 8.39. The van der Waals surface area contributed by atoms with Crippen LogP contribution in [0.1, 0.15) is 32.1 Å². The fourth-order valence-corrected chi connectivity index (χ4v) is 1.73. The van der Waals surface area contributed by atoms with Gasteiger partial charge in [-0.2, -0.15) is 0 Å². The predicted octanol–water partition coefficient (Wildman–Crippen LogP) is 0.491. The molecule has 3 heteroatoms. The van der Waals surface area contributed by atoms with Gasteiger partial charge in [0.15, 0.2) is 0 Å². The Labute approximate surface area is 80.9 Å². The summed E-state index contributed by atoms with van der Waals surface area (Å²) in [6.45, 7) is 3.79. The molecule has 1 atom stereocenters. The van der Waals surface area contributed by atoms with Gasteiger partial charge in [-0.15, -0.1) is 0 Å². The first-order chi connectivity index (χ1) is 6.43. The largest absolute Gasteiger partial charge is 0.396 e. The van der Waals surface area contributed by atoms with Gasteiger partial charge in [-0.1, -0.05) is 12.8 Å². The monoisotopic (exact) mass is 186 g/mol. The van der Waals surface area contributed by atoms with Crippen LogP contribution in [0, 0.1) is 0 Å². The van der Waals surface area contributed by atoms with Gasteiger partial charge in [0.1, 0.15) is 0 Å². The van der Waals surface area contributed by atoms with Gasteiger partial charge in [0.2, 0.25) is 0 Å². The summed E-state index contributed by atoms with van der Waals surface area (Å²) in [5.74, 6) is 0. The van der Waals surface area contributed by atoms with Gasteiger partial charge in [-0.25, -0.2) is 0 Å². The van der Waals surface area contributed by atoms with Crippen LogP contribution in [0.5, 0.6) is 0 Å². The van der Waals surface area contributed by atoms with Crippen LogP contribution in [0.25, 0.3) is 0 Å². The highest BCUT2D eigenvalue weighted by molar-refractivity contribution is 4.76. The van der Waals surface area contributed by atoms with E-state index in [1.165, 1.54) is 32.2 Å². The molecule has 0 aliphatic carbocycles. The number of hydrogen-bond acceptors (Lipinski definition) is 3. The molecule has 1 saturated heterocycles. The van der Waals surface area contributed by atoms with E-state index in [2.05, 4.69) is 10.6 Å². The molecule has 0 spiro atoms. The van der Waals surface area contributed by atoms with Crippen molar-refractivity contribution in [3.8, 4) is 0 Å². The Morgan fingerprint density at radius 3 is 2.77 bits per heavy atom. The van der Waals surface area contributed by atoms with E-state index in [0.29, 0.717) is 12.6 Å². The lowest BCUT2D eigenvalue weighted by atomic mass is 10.2. The second kappa shape index (κ2) is 7.30. The Balaban J connectivity index is 1.78. The molecule has 0 saturated carbocycles. The lowest BCUT2D eigenvalue weighted by molar-refractivity contribution is 0.282. The molecular weight excluding hydrogens is 164 g/mol. The van der Waals surface area contributed by atoms with Crippen molar-refractivity contribution in [1.82, 2.24) is 10.6 Å². The average molecular weight is 186 g/mol. The molecule has 1 unspecified atom stereocenters. The average Bonchev–Trinajstić information content (AvgIpc) is 2.63. The number of hydrogen-bond donors (Lipinski definition) is 3. The molecule has 13 heavy (non-hydrogen) atoms. The summed E-state index contributed by atoms with van der Waals surface area (Å²) in [6.07, 6.45) is 5.90. The summed E-state index contributed by atoms with van der Waals surface area (Å²) >= 11 is 0. The zero-order valence-corrected chi connectivity index (χ0v) is 8.39. The quantitative estimate of drug-likeness (QED) is 0.507. The second-order valence-corrected chi connectivity index (χ2v) is 3.78. The van der Waals surface area contributed by atoms with Crippen molar-refractivity contribution in [1.29, 1.82) is 0 Å². The predicted molar refractivity (Wildman–Crippen MR) is 54.8 cm³/mol. The van der Waals surface area contributed by atoms with E-state index >= 15 is 0 Å². The molecule has 78 valence electrons. The highest BCUT2D eigenvalue weighted by Gasteiger charge is 2.12. The van der Waals surface area contributed by atoms with Crippen molar-refractivity contribution >= 4 is 0 Å². The Morgan fingerprint density at radius 2 is 2.08 bits per heavy atom. The summed E-state index contributed by atoms with van der Waals surface area (Å²) in [4.78, 5) is 0. The van der Waals surface area contributed by atoms with Crippen LogP contribution in [-0.2, 0) is 0 Å². The van der Waals surface area contributed by atoms with E-state index < -0.39 is 0 Å². The van der Waals surface area contributed by atoms with Crippen molar-refractivity contribution in [3.05, 3.63) is 0 Å². The summed E-state index contributed by atoms with van der Waals surface area (Å²) in [5.41, 5.74) is 0. The zero-order chi connectivity index (χ0) is 9.36. The number of aliphatic hydroxyl groups excluding tert-OH is 1. The number of rotatable bonds is 7. The molecular formula is C10H22N2O. The van der Waals surface area contributed by atoms with Gasteiger partial charge < -0.3 is 15.7 Å². The number of aliphatic hydroxyl groups is 1. The lowest BCUT2D eigenvalue weighted by Crippen LogP contribution is -2.31. The molecule has 0 aromatic rings. The molecule has 1 aliphatic heterocycles. The first-order valence-electron chi connectivity index (χ1n) is 5.48. The van der Waals surface area contributed by atoms with Crippen LogP contribution < -0.4 is 10.6 Å². The highest BCUT2D eigenvalue weighted by atomic mass is 16.2. The molecule has 1 aliphatic rings. The molecule has 0 radical (unpaired) electrons. The molecule has 0 bridgehead atoms. The van der Waals surface area contributed by atoms with Crippen LogP contribution >= 0.6 is 0 Å². The fourth-order valence-electron chi connectivity index (χ4n) is 1.73. The van der Waals surface area contributed by atoms with Gasteiger partial charge in [-0.3, -0.25) is 0 Å². The van der Waals surface area contributed by atoms with E-state index in [-0.39, 0.29) is 0 Å². The minimum atomic E-state index is 0.347. The summed E-state index contributed by atoms with van der Waals surface area (Å²) in [5, 5.41) is 15.4. The Kier molecular flexibility index (Phi) is 6.15. The van der Waals surface area contributed by atoms with Gasteiger partial charge in [-0.05, 0) is 32.4 Å². The van der Waals surface area contributed by atoms with E-state index in [9.17, 15) is 0 Å². The molecule has 0 aromatic heterocycles. The molecule has 0 amide bonds. The van der Waals surface area contributed by atoms with Crippen molar-refractivity contribution in [2.45, 2.75) is 38.1 Å². The SMILES string of the molecule is OCCCCCCNC1CCNC1. The van der Waals surface area contributed by atoms with E-state index in [4.69, 9.17) is 5.11 Å². The standard InChI is InChI=1S/C10H22N2O/c13-8-4-2-1-3-6-12-10-5-7-11-9-10/h10-13H,1-9H2. The molecule has 1 fully saturated rings. The molecule has 0 aromatic carbocycles. The van der Waals surface area contributed by atoms with Crippen molar-refractivity contribution < 1.29 is 5.11 Å². The normalized spacial score (nSPS) is 22.4. The van der Waals surface area contributed by atoms with Crippen LogP contribution in [0.4, 0.5) is 0 Å². The summed E-state index contributed by atoms with van der Waals surface area (Å²) in [6, 6.07) is 0.706. The number of unbranched alkanes of at least 4 members (excludes halogenated alkanes) is 3. The Morgan fingerprint density at radius 1 is 1.23 bits per heavy atom. The molecule has 1 heterocycles. The fraction of sp³-hybridized carbons (Fsp3) is 1.00. The van der Waals surface area contributed by atoms with Crippen LogP contribution in [0.2, 0.25) is 0 Å². The Hall–Kier alpha value is -0.120. The van der Waals surface area contributed by atoms with Crippen LogP contribution in [0.3, 0.4) is 0 Å². The molecule has 3 nitrogen and oxygen atoms in total. The van der Waals surface area contributed by atoms with Gasteiger partial charge >= 0.3 is 0 Å². The van der Waals surface area contributed by atoms with E-state index in [1.54, 1.807) is 0 Å². The highest BCUT2D eigenvalue weighted by Crippen LogP contribution is 2.00. The third kappa shape index (κ3) is 5.24. The van der Waals surface area contributed by atoms with Crippen molar-refractivity contribution in [2.75, 3.05) is 26.2 Å². The molecule has 1 rings (SSSR count). The maximum absolute atomic E-state index is 8.57. The molecule has 3 N–H and O–H groups in total. The minimum absolute atomic E-state index is 0.347. The van der Waals surface area contributed by atoms with Crippen molar-refractivity contribution in [3.63, 3.8) is 0 Å².